The fourth-order valence-electron chi connectivity index (χ4n) is 3.33. The van der Waals surface area contributed by atoms with Crippen molar-refractivity contribution in [1.82, 2.24) is 24.7 Å². The Morgan fingerprint density at radius 1 is 0.867 bits per heavy atom. The van der Waals surface area contributed by atoms with Crippen LogP contribution in [0.2, 0.25) is 0 Å². The molecule has 3 aromatic heterocycles. The van der Waals surface area contributed by atoms with E-state index in [0.29, 0.717) is 29.4 Å². The SMILES string of the molecule is Fc1ccccc1Cn1nc(-c2nccc(Nc3ccncc3)n2)c2ccccc21. The summed E-state index contributed by atoms with van der Waals surface area (Å²) in [4.78, 5) is 13.1. The number of anilines is 2. The van der Waals surface area contributed by atoms with Crippen molar-refractivity contribution in [3.8, 4) is 11.5 Å². The maximum absolute atomic E-state index is 14.2. The van der Waals surface area contributed by atoms with E-state index in [9.17, 15) is 4.39 Å². The molecule has 0 fully saturated rings. The van der Waals surface area contributed by atoms with Crippen LogP contribution in [0, 0.1) is 5.82 Å². The summed E-state index contributed by atoms with van der Waals surface area (Å²) in [5, 5.41) is 8.88. The minimum Gasteiger partial charge on any atom is -0.340 e. The van der Waals surface area contributed by atoms with Gasteiger partial charge in [-0.25, -0.2) is 14.4 Å². The highest BCUT2D eigenvalue weighted by atomic mass is 19.1. The zero-order chi connectivity index (χ0) is 20.3. The third kappa shape index (κ3) is 3.48. The molecule has 2 aromatic carbocycles. The maximum Gasteiger partial charge on any atom is 0.182 e. The molecule has 7 heteroatoms. The van der Waals surface area contributed by atoms with Gasteiger partial charge in [0, 0.05) is 35.2 Å². The number of pyridine rings is 1. The number of benzene rings is 2. The monoisotopic (exact) mass is 396 g/mol. The van der Waals surface area contributed by atoms with Crippen LogP contribution in [0.3, 0.4) is 0 Å². The molecule has 0 radical (unpaired) electrons. The summed E-state index contributed by atoms with van der Waals surface area (Å²) >= 11 is 0. The number of halogens is 1. The van der Waals surface area contributed by atoms with Crippen molar-refractivity contribution in [3.63, 3.8) is 0 Å². The Labute approximate surface area is 172 Å². The average Bonchev–Trinajstić information content (AvgIpc) is 3.15. The molecule has 0 saturated heterocycles. The van der Waals surface area contributed by atoms with Crippen LogP contribution in [0.1, 0.15) is 5.56 Å². The fourth-order valence-corrected chi connectivity index (χ4v) is 3.33. The van der Waals surface area contributed by atoms with Gasteiger partial charge in [-0.3, -0.25) is 9.67 Å². The number of aromatic nitrogens is 5. The van der Waals surface area contributed by atoms with E-state index in [0.717, 1.165) is 16.6 Å². The van der Waals surface area contributed by atoms with Crippen molar-refractivity contribution in [2.24, 2.45) is 0 Å². The van der Waals surface area contributed by atoms with Gasteiger partial charge in [0.25, 0.3) is 0 Å². The summed E-state index contributed by atoms with van der Waals surface area (Å²) in [6.07, 6.45) is 5.11. The first-order chi connectivity index (χ1) is 14.8. The van der Waals surface area contributed by atoms with Crippen LogP contribution in [-0.2, 0) is 6.54 Å². The predicted molar refractivity (Wildman–Crippen MR) is 114 cm³/mol. The van der Waals surface area contributed by atoms with Crippen molar-refractivity contribution in [2.75, 3.05) is 5.32 Å². The molecule has 5 rings (SSSR count). The van der Waals surface area contributed by atoms with Gasteiger partial charge < -0.3 is 5.32 Å². The Morgan fingerprint density at radius 3 is 2.53 bits per heavy atom. The maximum atomic E-state index is 14.2. The van der Waals surface area contributed by atoms with Crippen LogP contribution in [-0.4, -0.2) is 24.7 Å². The summed E-state index contributed by atoms with van der Waals surface area (Å²) in [6, 6.07) is 20.1. The lowest BCUT2D eigenvalue weighted by Gasteiger charge is -2.06. The molecule has 0 bridgehead atoms. The number of hydrogen-bond acceptors (Lipinski definition) is 5. The van der Waals surface area contributed by atoms with E-state index in [-0.39, 0.29) is 5.82 Å². The van der Waals surface area contributed by atoms with Crippen LogP contribution in [0.5, 0.6) is 0 Å². The Morgan fingerprint density at radius 2 is 1.67 bits per heavy atom. The molecule has 0 saturated carbocycles. The average molecular weight is 396 g/mol. The molecule has 0 aliphatic carbocycles. The van der Waals surface area contributed by atoms with E-state index in [1.807, 2.05) is 42.5 Å². The van der Waals surface area contributed by atoms with Gasteiger partial charge in [-0.05, 0) is 30.3 Å². The summed E-state index contributed by atoms with van der Waals surface area (Å²) in [6.45, 7) is 0.322. The van der Waals surface area contributed by atoms with Crippen LogP contribution in [0.4, 0.5) is 15.9 Å². The number of hydrogen-bond donors (Lipinski definition) is 1. The number of nitrogens with one attached hydrogen (secondary N) is 1. The Hall–Kier alpha value is -4.13. The largest absolute Gasteiger partial charge is 0.340 e. The second kappa shape index (κ2) is 7.71. The first kappa shape index (κ1) is 17.9. The van der Waals surface area contributed by atoms with E-state index < -0.39 is 0 Å². The molecule has 146 valence electrons. The Balaban J connectivity index is 1.55. The molecule has 30 heavy (non-hydrogen) atoms. The molecule has 0 atom stereocenters. The zero-order valence-corrected chi connectivity index (χ0v) is 15.9. The molecule has 0 aliphatic heterocycles. The number of fused-ring (bicyclic) bond motifs is 1. The van der Waals surface area contributed by atoms with Crippen molar-refractivity contribution in [1.29, 1.82) is 0 Å². The van der Waals surface area contributed by atoms with Gasteiger partial charge in [0.15, 0.2) is 5.82 Å². The lowest BCUT2D eigenvalue weighted by atomic mass is 10.2. The number of nitrogens with zero attached hydrogens (tertiary/aromatic N) is 5. The van der Waals surface area contributed by atoms with Gasteiger partial charge >= 0.3 is 0 Å². The third-order valence-electron chi connectivity index (χ3n) is 4.76. The lowest BCUT2D eigenvalue weighted by Crippen LogP contribution is -2.04. The number of rotatable bonds is 5. The lowest BCUT2D eigenvalue weighted by molar-refractivity contribution is 0.590. The summed E-state index contributed by atoms with van der Waals surface area (Å²) in [5.74, 6) is 0.898. The zero-order valence-electron chi connectivity index (χ0n) is 15.9. The van der Waals surface area contributed by atoms with E-state index in [1.54, 1.807) is 41.5 Å². The van der Waals surface area contributed by atoms with Crippen molar-refractivity contribution in [3.05, 3.63) is 96.7 Å². The number of para-hydroxylation sites is 1. The van der Waals surface area contributed by atoms with Gasteiger partial charge in [0.05, 0.1) is 12.1 Å². The van der Waals surface area contributed by atoms with Crippen LogP contribution in [0.15, 0.2) is 85.3 Å². The standard InChI is InChI=1S/C23H17FN6/c24-19-7-3-1-5-16(19)15-30-20-8-4-2-6-18(20)22(29-30)23-26-14-11-21(28-23)27-17-9-12-25-13-10-17/h1-14H,15H2,(H,25,26,27,28). The summed E-state index contributed by atoms with van der Waals surface area (Å²) in [5.41, 5.74) is 3.00. The van der Waals surface area contributed by atoms with Crippen molar-refractivity contribution >= 4 is 22.4 Å². The summed E-state index contributed by atoms with van der Waals surface area (Å²) in [7, 11) is 0. The van der Waals surface area contributed by atoms with E-state index in [1.165, 1.54) is 6.07 Å². The molecule has 6 nitrogen and oxygen atoms in total. The minimum absolute atomic E-state index is 0.251. The first-order valence-corrected chi connectivity index (χ1v) is 9.47. The van der Waals surface area contributed by atoms with E-state index in [4.69, 9.17) is 5.10 Å². The Kier molecular flexibility index (Phi) is 4.61. The molecule has 0 amide bonds. The normalized spacial score (nSPS) is 11.0. The molecule has 0 spiro atoms. The quantitative estimate of drug-likeness (QED) is 0.461. The summed E-state index contributed by atoms with van der Waals surface area (Å²) < 4.78 is 16.0. The predicted octanol–water partition coefficient (Wildman–Crippen LogP) is 4.82. The van der Waals surface area contributed by atoms with Gasteiger partial charge in [0.1, 0.15) is 17.3 Å². The van der Waals surface area contributed by atoms with Crippen LogP contribution < -0.4 is 5.32 Å². The van der Waals surface area contributed by atoms with Gasteiger partial charge in [-0.15, -0.1) is 0 Å². The van der Waals surface area contributed by atoms with Crippen LogP contribution in [0.25, 0.3) is 22.4 Å². The second-order valence-corrected chi connectivity index (χ2v) is 6.74. The molecule has 5 aromatic rings. The van der Waals surface area contributed by atoms with E-state index in [2.05, 4.69) is 20.3 Å². The van der Waals surface area contributed by atoms with E-state index >= 15 is 0 Å². The highest BCUT2D eigenvalue weighted by Crippen LogP contribution is 2.27. The van der Waals surface area contributed by atoms with Crippen molar-refractivity contribution in [2.45, 2.75) is 6.54 Å². The molecular formula is C23H17FN6. The molecule has 0 unspecified atom stereocenters. The van der Waals surface area contributed by atoms with Crippen molar-refractivity contribution < 1.29 is 4.39 Å². The van der Waals surface area contributed by atoms with Gasteiger partial charge in [-0.2, -0.15) is 5.10 Å². The molecule has 3 heterocycles. The third-order valence-corrected chi connectivity index (χ3v) is 4.76. The molecule has 1 N–H and O–H groups in total. The highest BCUT2D eigenvalue weighted by Gasteiger charge is 2.16. The fraction of sp³-hybridized carbons (Fsp3) is 0.0435. The second-order valence-electron chi connectivity index (χ2n) is 6.74. The smallest absolute Gasteiger partial charge is 0.182 e. The molecular weight excluding hydrogens is 379 g/mol. The van der Waals surface area contributed by atoms with Gasteiger partial charge in [0.2, 0.25) is 0 Å². The minimum atomic E-state index is -0.251. The molecule has 0 aliphatic rings. The highest BCUT2D eigenvalue weighted by molar-refractivity contribution is 5.91. The Bertz CT molecular complexity index is 1320. The van der Waals surface area contributed by atoms with Gasteiger partial charge in [-0.1, -0.05) is 36.4 Å². The van der Waals surface area contributed by atoms with Crippen LogP contribution >= 0.6 is 0 Å². The topological polar surface area (TPSA) is 68.5 Å². The first-order valence-electron chi connectivity index (χ1n) is 9.47.